The molecule has 1 aromatic carbocycles. The van der Waals surface area contributed by atoms with E-state index in [2.05, 4.69) is 56.8 Å². The van der Waals surface area contributed by atoms with Gasteiger partial charge in [0.25, 0.3) is 0 Å². The second-order valence-electron chi connectivity index (χ2n) is 8.69. The molecule has 2 saturated heterocycles. The lowest BCUT2D eigenvalue weighted by molar-refractivity contribution is 0.0240. The Morgan fingerprint density at radius 2 is 1.75 bits per heavy atom. The van der Waals surface area contributed by atoms with Crippen molar-refractivity contribution in [2.45, 2.75) is 39.8 Å². The van der Waals surface area contributed by atoms with Crippen LogP contribution in [0.5, 0.6) is 0 Å². The van der Waals surface area contributed by atoms with E-state index >= 15 is 0 Å². The molecule has 0 atom stereocenters. The van der Waals surface area contributed by atoms with E-state index in [-0.39, 0.29) is 6.09 Å². The molecule has 0 unspecified atom stereocenters. The standard InChI is InChI=1S/C21H33IN4O2/c1-16-17(15-24-7-5-23-6-8-24)13-18(22)14-19(16)25-9-11-26(12-10-25)20(27)28-21(2,3)4/h13-14,23H,5-12,15H2,1-4H3. The van der Waals surface area contributed by atoms with Gasteiger partial charge in [0, 0.05) is 68.2 Å². The largest absolute Gasteiger partial charge is 0.444 e. The lowest BCUT2D eigenvalue weighted by atomic mass is 10.0. The third-order valence-electron chi connectivity index (χ3n) is 5.33. The lowest BCUT2D eigenvalue weighted by Crippen LogP contribution is -2.50. The van der Waals surface area contributed by atoms with Crippen molar-refractivity contribution < 1.29 is 9.53 Å². The lowest BCUT2D eigenvalue weighted by Gasteiger charge is -2.38. The predicted molar refractivity (Wildman–Crippen MR) is 122 cm³/mol. The Bertz CT molecular complexity index is 690. The average Bonchev–Trinajstić information content (AvgIpc) is 2.64. The molecule has 1 N–H and O–H groups in total. The van der Waals surface area contributed by atoms with Gasteiger partial charge in [-0.15, -0.1) is 0 Å². The van der Waals surface area contributed by atoms with Crippen LogP contribution in [0.25, 0.3) is 0 Å². The minimum absolute atomic E-state index is 0.203. The third-order valence-corrected chi connectivity index (χ3v) is 5.95. The number of piperazine rings is 2. The van der Waals surface area contributed by atoms with Crippen molar-refractivity contribution in [3.63, 3.8) is 0 Å². The number of rotatable bonds is 3. The fourth-order valence-electron chi connectivity index (χ4n) is 3.78. The van der Waals surface area contributed by atoms with Gasteiger partial charge in [0.15, 0.2) is 0 Å². The van der Waals surface area contributed by atoms with Gasteiger partial charge in [0.2, 0.25) is 0 Å². The molecule has 0 spiro atoms. The molecule has 2 fully saturated rings. The maximum absolute atomic E-state index is 12.3. The zero-order chi connectivity index (χ0) is 20.3. The molecule has 6 nitrogen and oxygen atoms in total. The third kappa shape index (κ3) is 5.73. The summed E-state index contributed by atoms with van der Waals surface area (Å²) in [6.07, 6.45) is -0.203. The first-order chi connectivity index (χ1) is 13.2. The first-order valence-corrected chi connectivity index (χ1v) is 11.3. The van der Waals surface area contributed by atoms with Crippen molar-refractivity contribution in [2.75, 3.05) is 57.3 Å². The average molecular weight is 500 g/mol. The number of hydrogen-bond acceptors (Lipinski definition) is 5. The number of anilines is 1. The zero-order valence-electron chi connectivity index (χ0n) is 17.6. The zero-order valence-corrected chi connectivity index (χ0v) is 19.7. The Kier molecular flexibility index (Phi) is 7.09. The molecule has 0 radical (unpaired) electrons. The molecule has 0 aliphatic carbocycles. The fraction of sp³-hybridized carbons (Fsp3) is 0.667. The molecule has 3 rings (SSSR count). The van der Waals surface area contributed by atoms with Gasteiger partial charge in [-0.05, 0) is 73.5 Å². The summed E-state index contributed by atoms with van der Waals surface area (Å²) in [5.41, 5.74) is 3.64. The summed E-state index contributed by atoms with van der Waals surface area (Å²) in [4.78, 5) is 19.1. The van der Waals surface area contributed by atoms with E-state index < -0.39 is 5.60 Å². The van der Waals surface area contributed by atoms with Crippen LogP contribution in [-0.2, 0) is 11.3 Å². The minimum atomic E-state index is -0.445. The molecular formula is C21H33IN4O2. The number of hydrogen-bond donors (Lipinski definition) is 1. The molecule has 2 aliphatic rings. The number of nitrogens with one attached hydrogen (secondary N) is 1. The van der Waals surface area contributed by atoms with Gasteiger partial charge >= 0.3 is 6.09 Å². The molecule has 28 heavy (non-hydrogen) atoms. The van der Waals surface area contributed by atoms with Crippen LogP contribution in [0.1, 0.15) is 31.9 Å². The van der Waals surface area contributed by atoms with E-state index in [1.54, 1.807) is 0 Å². The van der Waals surface area contributed by atoms with Crippen LogP contribution >= 0.6 is 22.6 Å². The van der Waals surface area contributed by atoms with Gasteiger partial charge in [-0.25, -0.2) is 4.79 Å². The van der Waals surface area contributed by atoms with Crippen molar-refractivity contribution >= 4 is 34.4 Å². The van der Waals surface area contributed by atoms with Gasteiger partial charge in [-0.3, -0.25) is 4.90 Å². The summed E-state index contributed by atoms with van der Waals surface area (Å²) < 4.78 is 6.80. The van der Waals surface area contributed by atoms with Crippen molar-refractivity contribution in [3.8, 4) is 0 Å². The Labute approximate surface area is 182 Å². The summed E-state index contributed by atoms with van der Waals surface area (Å²) in [6.45, 7) is 16.4. The topological polar surface area (TPSA) is 48.0 Å². The summed E-state index contributed by atoms with van der Waals surface area (Å²) in [5, 5.41) is 3.42. The number of halogens is 1. The quantitative estimate of drug-likeness (QED) is 0.647. The molecule has 1 amide bonds. The SMILES string of the molecule is Cc1c(CN2CCNCC2)cc(I)cc1N1CCN(C(=O)OC(C)(C)C)CC1. The van der Waals surface area contributed by atoms with Crippen LogP contribution in [-0.4, -0.2) is 73.9 Å². The molecule has 2 aliphatic heterocycles. The molecule has 0 bridgehead atoms. The highest BCUT2D eigenvalue weighted by Gasteiger charge is 2.27. The Balaban J connectivity index is 1.66. The van der Waals surface area contributed by atoms with Gasteiger partial charge < -0.3 is 19.9 Å². The van der Waals surface area contributed by atoms with Crippen molar-refractivity contribution in [3.05, 3.63) is 26.8 Å². The van der Waals surface area contributed by atoms with E-state index in [1.165, 1.54) is 20.4 Å². The molecule has 2 heterocycles. The molecule has 1 aromatic rings. The van der Waals surface area contributed by atoms with Crippen molar-refractivity contribution in [1.29, 1.82) is 0 Å². The second-order valence-corrected chi connectivity index (χ2v) is 9.94. The van der Waals surface area contributed by atoms with E-state index in [4.69, 9.17) is 4.74 Å². The van der Waals surface area contributed by atoms with E-state index in [1.807, 2.05) is 25.7 Å². The number of benzene rings is 1. The second kappa shape index (κ2) is 9.17. The first kappa shape index (κ1) is 21.6. The van der Waals surface area contributed by atoms with Gasteiger partial charge in [0.1, 0.15) is 5.60 Å². The Hall–Kier alpha value is -1.06. The fourth-order valence-corrected chi connectivity index (χ4v) is 4.45. The normalized spacial score (nSPS) is 19.0. The first-order valence-electron chi connectivity index (χ1n) is 10.2. The number of ether oxygens (including phenoxy) is 1. The van der Waals surface area contributed by atoms with Crippen molar-refractivity contribution in [2.24, 2.45) is 0 Å². The maximum Gasteiger partial charge on any atom is 0.410 e. The molecule has 156 valence electrons. The van der Waals surface area contributed by atoms with E-state index in [0.717, 1.165) is 45.8 Å². The van der Waals surface area contributed by atoms with E-state index in [9.17, 15) is 4.79 Å². The summed E-state index contributed by atoms with van der Waals surface area (Å²) in [5.74, 6) is 0. The summed E-state index contributed by atoms with van der Waals surface area (Å²) in [6, 6.07) is 4.60. The van der Waals surface area contributed by atoms with Gasteiger partial charge in [0.05, 0.1) is 0 Å². The van der Waals surface area contributed by atoms with Crippen LogP contribution < -0.4 is 10.2 Å². The predicted octanol–water partition coefficient (Wildman–Crippen LogP) is 3.06. The van der Waals surface area contributed by atoms with E-state index in [0.29, 0.717) is 13.1 Å². The molecule has 7 heteroatoms. The molecule has 0 aromatic heterocycles. The van der Waals surface area contributed by atoms with Crippen molar-refractivity contribution in [1.82, 2.24) is 15.1 Å². The van der Waals surface area contributed by atoms with Crippen LogP contribution in [0.4, 0.5) is 10.5 Å². The molecular weight excluding hydrogens is 467 g/mol. The summed E-state index contributed by atoms with van der Waals surface area (Å²) >= 11 is 2.43. The Morgan fingerprint density at radius 1 is 1.11 bits per heavy atom. The number of carbonyl (C=O) groups is 1. The number of amides is 1. The monoisotopic (exact) mass is 500 g/mol. The molecule has 0 saturated carbocycles. The van der Waals surface area contributed by atoms with Gasteiger partial charge in [-0.2, -0.15) is 0 Å². The highest BCUT2D eigenvalue weighted by molar-refractivity contribution is 14.1. The minimum Gasteiger partial charge on any atom is -0.444 e. The number of nitrogens with zero attached hydrogens (tertiary/aromatic N) is 3. The highest BCUT2D eigenvalue weighted by atomic mass is 127. The van der Waals surface area contributed by atoms with Crippen LogP contribution in [0.15, 0.2) is 12.1 Å². The van der Waals surface area contributed by atoms with Gasteiger partial charge in [-0.1, -0.05) is 0 Å². The van der Waals surface area contributed by atoms with Crippen LogP contribution in [0.2, 0.25) is 0 Å². The Morgan fingerprint density at radius 3 is 2.36 bits per heavy atom. The summed E-state index contributed by atoms with van der Waals surface area (Å²) in [7, 11) is 0. The highest BCUT2D eigenvalue weighted by Crippen LogP contribution is 2.28. The van der Waals surface area contributed by atoms with Crippen LogP contribution in [0.3, 0.4) is 0 Å². The smallest absolute Gasteiger partial charge is 0.410 e. The number of carbonyl (C=O) groups excluding carboxylic acids is 1. The maximum atomic E-state index is 12.3. The van der Waals surface area contributed by atoms with Crippen LogP contribution in [0, 0.1) is 10.5 Å².